The van der Waals surface area contributed by atoms with Gasteiger partial charge in [-0.05, 0) is 52.3 Å². The summed E-state index contributed by atoms with van der Waals surface area (Å²) in [5.74, 6) is -5.31. The summed E-state index contributed by atoms with van der Waals surface area (Å²) in [5, 5.41) is 20.5. The van der Waals surface area contributed by atoms with Crippen molar-refractivity contribution in [3.63, 3.8) is 0 Å². The number of aliphatic hydroxyl groups is 1. The Kier molecular flexibility index (Phi) is 6.49. The minimum Gasteiger partial charge on any atom is -0.508 e. The Morgan fingerprint density at radius 3 is 2.04 bits per heavy atom. The van der Waals surface area contributed by atoms with E-state index >= 15 is 0 Å². The molecule has 0 saturated heterocycles. The van der Waals surface area contributed by atoms with E-state index in [-0.39, 0.29) is 12.2 Å². The molecular formula is C21H28O7. The molecule has 1 aromatic carbocycles. The van der Waals surface area contributed by atoms with Crippen LogP contribution in [0.4, 0.5) is 0 Å². The van der Waals surface area contributed by atoms with Crippen molar-refractivity contribution < 1.29 is 34.1 Å². The average Bonchev–Trinajstić information content (AvgIpc) is 2.52. The monoisotopic (exact) mass is 392 g/mol. The standard InChI is InChI=1S/C21H28O7/c1-11(2)27-19(24)17-15(23)10-21(5,26)18(20(25)28-12(3)4)16(17)13-6-8-14(22)9-7-13/h6-9,11-12,16-18,22,26H,10H2,1-5H3/t16-,17+,18-,21+/m0/s1. The fourth-order valence-electron chi connectivity index (χ4n) is 3.72. The molecule has 0 radical (unpaired) electrons. The number of hydrogen-bond acceptors (Lipinski definition) is 7. The van der Waals surface area contributed by atoms with Gasteiger partial charge >= 0.3 is 11.9 Å². The number of hydrogen-bond donors (Lipinski definition) is 2. The van der Waals surface area contributed by atoms with E-state index in [1.165, 1.54) is 31.2 Å². The summed E-state index contributed by atoms with van der Waals surface area (Å²) in [5.41, 5.74) is -1.23. The summed E-state index contributed by atoms with van der Waals surface area (Å²) in [4.78, 5) is 38.4. The van der Waals surface area contributed by atoms with Gasteiger partial charge in [-0.1, -0.05) is 12.1 Å². The molecule has 28 heavy (non-hydrogen) atoms. The van der Waals surface area contributed by atoms with Crippen molar-refractivity contribution in [2.24, 2.45) is 11.8 Å². The van der Waals surface area contributed by atoms with Crippen LogP contribution in [0.5, 0.6) is 5.75 Å². The van der Waals surface area contributed by atoms with Crippen LogP contribution in [0.25, 0.3) is 0 Å². The quantitative estimate of drug-likeness (QED) is 0.584. The lowest BCUT2D eigenvalue weighted by Gasteiger charge is -2.44. The van der Waals surface area contributed by atoms with E-state index < -0.39 is 53.3 Å². The maximum atomic E-state index is 12.9. The molecule has 1 saturated carbocycles. The molecule has 4 atom stereocenters. The smallest absolute Gasteiger partial charge is 0.317 e. The molecule has 0 unspecified atom stereocenters. The van der Waals surface area contributed by atoms with Gasteiger partial charge in [0, 0.05) is 12.3 Å². The van der Waals surface area contributed by atoms with Crippen LogP contribution in [0, 0.1) is 11.8 Å². The minimum atomic E-state index is -1.69. The largest absolute Gasteiger partial charge is 0.508 e. The number of rotatable bonds is 5. The fourth-order valence-corrected chi connectivity index (χ4v) is 3.72. The zero-order valence-electron chi connectivity index (χ0n) is 16.8. The highest BCUT2D eigenvalue weighted by Crippen LogP contribution is 2.47. The molecule has 154 valence electrons. The first-order chi connectivity index (χ1) is 12.9. The number of phenolic OH excluding ortho intramolecular Hbond substituents is 1. The van der Waals surface area contributed by atoms with Crippen LogP contribution in [0.2, 0.25) is 0 Å². The van der Waals surface area contributed by atoms with Gasteiger partial charge in [0.15, 0.2) is 5.78 Å². The summed E-state index contributed by atoms with van der Waals surface area (Å²) in [7, 11) is 0. The SMILES string of the molecule is CC(C)OC(=O)[C@@H]1C(=O)C[C@@](C)(O)[C@H](C(=O)OC(C)C)[C@H]1c1ccc(O)cc1. The van der Waals surface area contributed by atoms with Crippen molar-refractivity contribution in [3.8, 4) is 5.75 Å². The van der Waals surface area contributed by atoms with Crippen molar-refractivity contribution in [2.75, 3.05) is 0 Å². The number of ketones is 1. The Morgan fingerprint density at radius 1 is 1.04 bits per heavy atom. The highest BCUT2D eigenvalue weighted by atomic mass is 16.5. The molecule has 1 aromatic rings. The van der Waals surface area contributed by atoms with Gasteiger partial charge in [-0.3, -0.25) is 14.4 Å². The van der Waals surface area contributed by atoms with Crippen LogP contribution < -0.4 is 0 Å². The Balaban J connectivity index is 2.59. The second kappa shape index (κ2) is 8.31. The maximum Gasteiger partial charge on any atom is 0.317 e. The Morgan fingerprint density at radius 2 is 1.54 bits per heavy atom. The predicted molar refractivity (Wildman–Crippen MR) is 101 cm³/mol. The van der Waals surface area contributed by atoms with Crippen LogP contribution in [-0.2, 0) is 23.9 Å². The van der Waals surface area contributed by atoms with E-state index in [1.54, 1.807) is 27.7 Å². The van der Waals surface area contributed by atoms with Crippen LogP contribution in [0.1, 0.15) is 52.5 Å². The molecule has 0 heterocycles. The van der Waals surface area contributed by atoms with Crippen LogP contribution in [0.3, 0.4) is 0 Å². The van der Waals surface area contributed by atoms with Crippen molar-refractivity contribution >= 4 is 17.7 Å². The molecule has 2 rings (SSSR count). The van der Waals surface area contributed by atoms with Gasteiger partial charge in [-0.15, -0.1) is 0 Å². The zero-order chi connectivity index (χ0) is 21.2. The molecule has 1 aliphatic carbocycles. The molecule has 0 spiro atoms. The van der Waals surface area contributed by atoms with Gasteiger partial charge < -0.3 is 19.7 Å². The minimum absolute atomic E-state index is 0.000241. The normalized spacial score (nSPS) is 27.7. The first-order valence-corrected chi connectivity index (χ1v) is 9.39. The number of benzene rings is 1. The van der Waals surface area contributed by atoms with E-state index in [0.29, 0.717) is 5.56 Å². The van der Waals surface area contributed by atoms with E-state index in [1.807, 2.05) is 0 Å². The molecule has 2 N–H and O–H groups in total. The Bertz CT molecular complexity index is 726. The van der Waals surface area contributed by atoms with Crippen LogP contribution >= 0.6 is 0 Å². The number of aromatic hydroxyl groups is 1. The molecule has 0 amide bonds. The lowest BCUT2D eigenvalue weighted by Crippen LogP contribution is -2.55. The number of phenols is 1. The third-order valence-corrected chi connectivity index (χ3v) is 4.76. The fraction of sp³-hybridized carbons (Fsp3) is 0.571. The average molecular weight is 392 g/mol. The van der Waals surface area contributed by atoms with Gasteiger partial charge in [0.25, 0.3) is 0 Å². The predicted octanol–water partition coefficient (Wildman–Crippen LogP) is 2.34. The second-order valence-electron chi connectivity index (χ2n) is 8.04. The van der Waals surface area contributed by atoms with Gasteiger partial charge in [0.1, 0.15) is 11.7 Å². The third kappa shape index (κ3) is 4.70. The van der Waals surface area contributed by atoms with Gasteiger partial charge in [0.05, 0.1) is 23.7 Å². The molecule has 7 nitrogen and oxygen atoms in total. The number of carbonyl (C=O) groups is 3. The van der Waals surface area contributed by atoms with E-state index in [2.05, 4.69) is 0 Å². The molecule has 7 heteroatoms. The molecular weight excluding hydrogens is 364 g/mol. The molecule has 0 bridgehead atoms. The summed E-state index contributed by atoms with van der Waals surface area (Å²) < 4.78 is 10.6. The maximum absolute atomic E-state index is 12.9. The first kappa shape index (κ1) is 21.9. The van der Waals surface area contributed by atoms with E-state index in [9.17, 15) is 24.6 Å². The van der Waals surface area contributed by atoms with Crippen molar-refractivity contribution in [3.05, 3.63) is 29.8 Å². The van der Waals surface area contributed by atoms with Crippen LogP contribution in [0.15, 0.2) is 24.3 Å². The summed E-state index contributed by atoms with van der Waals surface area (Å²) in [6, 6.07) is 5.86. The summed E-state index contributed by atoms with van der Waals surface area (Å²) >= 11 is 0. The topological polar surface area (TPSA) is 110 Å². The van der Waals surface area contributed by atoms with Crippen LogP contribution in [-0.4, -0.2) is 45.7 Å². The Labute approximate surface area is 164 Å². The molecule has 1 aliphatic rings. The zero-order valence-corrected chi connectivity index (χ0v) is 16.8. The number of esters is 2. The molecule has 0 aliphatic heterocycles. The molecule has 0 aromatic heterocycles. The summed E-state index contributed by atoms with van der Waals surface area (Å²) in [6.45, 7) is 8.10. The highest BCUT2D eigenvalue weighted by Gasteiger charge is 2.57. The van der Waals surface area contributed by atoms with Gasteiger partial charge in [-0.25, -0.2) is 0 Å². The molecule has 1 fully saturated rings. The Hall–Kier alpha value is -2.41. The number of carbonyl (C=O) groups excluding carboxylic acids is 3. The van der Waals surface area contributed by atoms with Crippen molar-refractivity contribution in [1.29, 1.82) is 0 Å². The first-order valence-electron chi connectivity index (χ1n) is 9.39. The highest BCUT2D eigenvalue weighted by molar-refractivity contribution is 6.02. The van der Waals surface area contributed by atoms with E-state index in [4.69, 9.17) is 9.47 Å². The lowest BCUT2D eigenvalue weighted by atomic mass is 9.61. The third-order valence-electron chi connectivity index (χ3n) is 4.76. The van der Waals surface area contributed by atoms with E-state index in [0.717, 1.165) is 0 Å². The number of Topliss-reactive ketones (excluding diaryl/α,β-unsaturated/α-hetero) is 1. The van der Waals surface area contributed by atoms with Crippen molar-refractivity contribution in [1.82, 2.24) is 0 Å². The van der Waals surface area contributed by atoms with Gasteiger partial charge in [-0.2, -0.15) is 0 Å². The van der Waals surface area contributed by atoms with Crippen molar-refractivity contribution in [2.45, 2.75) is 64.8 Å². The second-order valence-corrected chi connectivity index (χ2v) is 8.04. The lowest BCUT2D eigenvalue weighted by molar-refractivity contribution is -0.176. The van der Waals surface area contributed by atoms with Gasteiger partial charge in [0.2, 0.25) is 0 Å². The summed E-state index contributed by atoms with van der Waals surface area (Å²) in [6.07, 6.45) is -1.23. The number of ether oxygens (including phenoxy) is 2.